The highest BCUT2D eigenvalue weighted by Gasteiger charge is 2.16. The van der Waals surface area contributed by atoms with Crippen LogP contribution in [0.4, 0.5) is 0 Å². The summed E-state index contributed by atoms with van der Waals surface area (Å²) in [5.74, 6) is -0.333. The molecule has 0 aliphatic carbocycles. The van der Waals surface area contributed by atoms with Crippen LogP contribution in [0, 0.1) is 0 Å². The summed E-state index contributed by atoms with van der Waals surface area (Å²) < 4.78 is 1.84. The van der Waals surface area contributed by atoms with Crippen LogP contribution < -0.4 is 0 Å². The molecule has 0 bridgehead atoms. The quantitative estimate of drug-likeness (QED) is 0.729. The van der Waals surface area contributed by atoms with Crippen molar-refractivity contribution in [1.82, 2.24) is 19.7 Å². The maximum Gasteiger partial charge on any atom is 0.313 e. The van der Waals surface area contributed by atoms with Gasteiger partial charge in [0.25, 0.3) is 0 Å². The zero-order valence-electron chi connectivity index (χ0n) is 11.5. The van der Waals surface area contributed by atoms with Gasteiger partial charge in [-0.15, -0.1) is 10.2 Å². The molecule has 7 heteroatoms. The molecule has 0 saturated carbocycles. The fourth-order valence-electron chi connectivity index (χ4n) is 1.98. The Kier molecular flexibility index (Phi) is 4.15. The number of thioether (sulfide) groups is 1. The zero-order chi connectivity index (χ0) is 15.4. The van der Waals surface area contributed by atoms with Gasteiger partial charge in [-0.3, -0.25) is 14.3 Å². The van der Waals surface area contributed by atoms with Crippen molar-refractivity contribution < 1.29 is 9.90 Å². The summed E-state index contributed by atoms with van der Waals surface area (Å²) in [6.07, 6.45) is 3.39. The van der Waals surface area contributed by atoms with E-state index < -0.39 is 5.97 Å². The molecule has 0 unspecified atom stereocenters. The van der Waals surface area contributed by atoms with Crippen LogP contribution in [0.5, 0.6) is 0 Å². The fourth-order valence-corrected chi connectivity index (χ4v) is 2.65. The lowest BCUT2D eigenvalue weighted by atomic mass is 10.2. The van der Waals surface area contributed by atoms with Crippen molar-refractivity contribution in [3.05, 3.63) is 54.9 Å². The smallest absolute Gasteiger partial charge is 0.313 e. The van der Waals surface area contributed by atoms with Crippen LogP contribution in [0.3, 0.4) is 0 Å². The SMILES string of the molecule is O=C(O)CSc1nnc(-c2cccnc2)n1-c1ccccc1. The molecule has 0 spiro atoms. The Hall–Kier alpha value is -2.67. The average molecular weight is 312 g/mol. The van der Waals surface area contributed by atoms with Crippen LogP contribution in [0.15, 0.2) is 60.0 Å². The van der Waals surface area contributed by atoms with Gasteiger partial charge in [0.15, 0.2) is 11.0 Å². The molecule has 110 valence electrons. The van der Waals surface area contributed by atoms with E-state index in [0.29, 0.717) is 11.0 Å². The molecule has 2 aromatic heterocycles. The minimum atomic E-state index is -0.893. The highest BCUT2D eigenvalue weighted by atomic mass is 32.2. The van der Waals surface area contributed by atoms with Gasteiger partial charge in [-0.2, -0.15) is 0 Å². The van der Waals surface area contributed by atoms with Crippen LogP contribution >= 0.6 is 11.8 Å². The molecule has 0 aliphatic heterocycles. The van der Waals surface area contributed by atoms with E-state index in [1.165, 1.54) is 0 Å². The molecule has 0 radical (unpaired) electrons. The van der Waals surface area contributed by atoms with Crippen molar-refractivity contribution in [1.29, 1.82) is 0 Å². The van der Waals surface area contributed by atoms with E-state index in [-0.39, 0.29) is 5.75 Å². The second-order valence-electron chi connectivity index (χ2n) is 4.40. The number of aromatic nitrogens is 4. The van der Waals surface area contributed by atoms with Gasteiger partial charge in [0.2, 0.25) is 0 Å². The van der Waals surface area contributed by atoms with E-state index in [9.17, 15) is 4.79 Å². The van der Waals surface area contributed by atoms with Gasteiger partial charge < -0.3 is 5.11 Å². The van der Waals surface area contributed by atoms with Gasteiger partial charge in [-0.05, 0) is 24.3 Å². The maximum absolute atomic E-state index is 10.8. The van der Waals surface area contributed by atoms with Gasteiger partial charge in [0, 0.05) is 23.6 Å². The van der Waals surface area contributed by atoms with E-state index in [4.69, 9.17) is 5.11 Å². The number of para-hydroxylation sites is 1. The topological polar surface area (TPSA) is 80.9 Å². The van der Waals surface area contributed by atoms with Crippen molar-refractivity contribution in [2.24, 2.45) is 0 Å². The van der Waals surface area contributed by atoms with Crippen LogP contribution in [0.2, 0.25) is 0 Å². The summed E-state index contributed by atoms with van der Waals surface area (Å²) in [6.45, 7) is 0. The van der Waals surface area contributed by atoms with E-state index in [1.54, 1.807) is 12.4 Å². The second kappa shape index (κ2) is 6.40. The largest absolute Gasteiger partial charge is 0.481 e. The van der Waals surface area contributed by atoms with E-state index in [1.807, 2.05) is 47.0 Å². The molecule has 3 aromatic rings. The van der Waals surface area contributed by atoms with Crippen molar-refractivity contribution in [2.45, 2.75) is 5.16 Å². The summed E-state index contributed by atoms with van der Waals surface area (Å²) in [7, 11) is 0. The molecule has 22 heavy (non-hydrogen) atoms. The third kappa shape index (κ3) is 2.99. The Morgan fingerprint density at radius 1 is 1.14 bits per heavy atom. The highest BCUT2D eigenvalue weighted by Crippen LogP contribution is 2.27. The number of carboxylic acids is 1. The first kappa shape index (κ1) is 14.3. The Bertz CT molecular complexity index is 775. The molecular weight excluding hydrogens is 300 g/mol. The first-order chi connectivity index (χ1) is 10.8. The van der Waals surface area contributed by atoms with Crippen molar-refractivity contribution in [3.8, 4) is 17.1 Å². The van der Waals surface area contributed by atoms with Crippen molar-refractivity contribution >= 4 is 17.7 Å². The molecule has 0 saturated heterocycles. The minimum Gasteiger partial charge on any atom is -0.481 e. The summed E-state index contributed by atoms with van der Waals surface area (Å²) in [6, 6.07) is 13.3. The fraction of sp³-hybridized carbons (Fsp3) is 0.0667. The van der Waals surface area contributed by atoms with E-state index in [2.05, 4.69) is 15.2 Å². The normalized spacial score (nSPS) is 10.5. The number of pyridine rings is 1. The number of rotatable bonds is 5. The molecule has 1 N–H and O–H groups in total. The molecule has 0 fully saturated rings. The molecule has 1 aromatic carbocycles. The summed E-state index contributed by atoms with van der Waals surface area (Å²) in [4.78, 5) is 14.9. The predicted molar refractivity (Wildman–Crippen MR) is 82.9 cm³/mol. The minimum absolute atomic E-state index is 0.0714. The Labute approximate surface area is 130 Å². The third-order valence-corrected chi connectivity index (χ3v) is 3.81. The first-order valence-corrected chi connectivity index (χ1v) is 7.50. The molecule has 0 aliphatic rings. The van der Waals surface area contributed by atoms with Gasteiger partial charge in [-0.25, -0.2) is 0 Å². The lowest BCUT2D eigenvalue weighted by Gasteiger charge is -2.09. The van der Waals surface area contributed by atoms with Gasteiger partial charge in [0.05, 0.1) is 5.75 Å². The predicted octanol–water partition coefficient (Wildman–Crippen LogP) is 2.51. The zero-order valence-corrected chi connectivity index (χ0v) is 12.3. The van der Waals surface area contributed by atoms with Crippen LogP contribution in [0.25, 0.3) is 17.1 Å². The number of benzene rings is 1. The Morgan fingerprint density at radius 2 is 1.95 bits per heavy atom. The summed E-state index contributed by atoms with van der Waals surface area (Å²) in [5.41, 5.74) is 1.69. The number of nitrogens with zero attached hydrogens (tertiary/aromatic N) is 4. The molecular formula is C15H12N4O2S. The monoisotopic (exact) mass is 312 g/mol. The van der Waals surface area contributed by atoms with Gasteiger partial charge >= 0.3 is 5.97 Å². The number of carbonyl (C=O) groups is 1. The van der Waals surface area contributed by atoms with Crippen LogP contribution in [-0.4, -0.2) is 36.6 Å². The lowest BCUT2D eigenvalue weighted by Crippen LogP contribution is -2.03. The first-order valence-electron chi connectivity index (χ1n) is 6.51. The summed E-state index contributed by atoms with van der Waals surface area (Å²) >= 11 is 1.13. The van der Waals surface area contributed by atoms with Gasteiger partial charge in [0.1, 0.15) is 0 Å². The molecule has 0 amide bonds. The van der Waals surface area contributed by atoms with Crippen molar-refractivity contribution in [2.75, 3.05) is 5.75 Å². The number of hydrogen-bond acceptors (Lipinski definition) is 5. The Morgan fingerprint density at radius 3 is 2.64 bits per heavy atom. The molecule has 6 nitrogen and oxygen atoms in total. The van der Waals surface area contributed by atoms with Crippen molar-refractivity contribution in [3.63, 3.8) is 0 Å². The lowest BCUT2D eigenvalue weighted by molar-refractivity contribution is -0.133. The number of hydrogen-bond donors (Lipinski definition) is 1. The number of carboxylic acid groups (broad SMARTS) is 1. The van der Waals surface area contributed by atoms with Gasteiger partial charge in [-0.1, -0.05) is 30.0 Å². The molecule has 2 heterocycles. The number of aliphatic carboxylic acids is 1. The second-order valence-corrected chi connectivity index (χ2v) is 5.34. The average Bonchev–Trinajstić information content (AvgIpc) is 2.98. The maximum atomic E-state index is 10.8. The van der Waals surface area contributed by atoms with Crippen LogP contribution in [-0.2, 0) is 4.79 Å². The molecule has 3 rings (SSSR count). The third-order valence-electron chi connectivity index (χ3n) is 2.89. The van der Waals surface area contributed by atoms with E-state index >= 15 is 0 Å². The van der Waals surface area contributed by atoms with E-state index in [0.717, 1.165) is 23.0 Å². The van der Waals surface area contributed by atoms with Crippen LogP contribution in [0.1, 0.15) is 0 Å². The Balaban J connectivity index is 2.09. The highest BCUT2D eigenvalue weighted by molar-refractivity contribution is 7.99. The summed E-state index contributed by atoms with van der Waals surface area (Å²) in [5, 5.41) is 17.7. The standard InChI is InChI=1S/C15H12N4O2S/c20-13(21)10-22-15-18-17-14(11-5-4-8-16-9-11)19(15)12-6-2-1-3-7-12/h1-9H,10H2,(H,20,21). The molecule has 0 atom stereocenters.